The van der Waals surface area contributed by atoms with E-state index >= 15 is 0 Å². The largest absolute Gasteiger partial charge is 0.496 e. The van der Waals surface area contributed by atoms with E-state index in [0.29, 0.717) is 17.1 Å². The van der Waals surface area contributed by atoms with Gasteiger partial charge in [-0.1, -0.05) is 29.8 Å². The fraction of sp³-hybridized carbons (Fsp3) is 0.250. The van der Waals surface area contributed by atoms with Gasteiger partial charge in [-0.2, -0.15) is 0 Å². The predicted molar refractivity (Wildman–Crippen MR) is 79.7 cm³/mol. The molecule has 0 fully saturated rings. The number of benzene rings is 2. The Morgan fingerprint density at radius 2 is 2.00 bits per heavy atom. The van der Waals surface area contributed by atoms with E-state index < -0.39 is 0 Å². The Hall–Kier alpha value is -1.58. The van der Waals surface area contributed by atoms with Crippen molar-refractivity contribution in [3.63, 3.8) is 0 Å². The second kappa shape index (κ2) is 6.73. The van der Waals surface area contributed by atoms with E-state index in [1.165, 1.54) is 6.07 Å². The number of halogens is 2. The summed E-state index contributed by atoms with van der Waals surface area (Å²) in [5.74, 6) is 0.563. The molecule has 2 nitrogen and oxygen atoms in total. The van der Waals surface area contributed by atoms with Crippen molar-refractivity contribution in [2.45, 2.75) is 19.5 Å². The molecule has 2 rings (SSSR count). The SMILES string of the molecule is COc1ccccc1[C@@H](C)NCc1cc(Cl)ccc1F. The van der Waals surface area contributed by atoms with Crippen LogP contribution in [0.5, 0.6) is 5.75 Å². The summed E-state index contributed by atoms with van der Waals surface area (Å²) in [5, 5.41) is 3.81. The molecule has 2 aromatic carbocycles. The van der Waals surface area contributed by atoms with E-state index in [-0.39, 0.29) is 11.9 Å². The Balaban J connectivity index is 2.08. The molecule has 0 bridgehead atoms. The van der Waals surface area contributed by atoms with Crippen molar-refractivity contribution in [1.82, 2.24) is 5.32 Å². The van der Waals surface area contributed by atoms with Gasteiger partial charge in [0.2, 0.25) is 0 Å². The van der Waals surface area contributed by atoms with Gasteiger partial charge < -0.3 is 10.1 Å². The van der Waals surface area contributed by atoms with Gasteiger partial charge in [0.15, 0.2) is 0 Å². The molecular weight excluding hydrogens is 277 g/mol. The normalized spacial score (nSPS) is 12.2. The molecule has 0 radical (unpaired) electrons. The first-order chi connectivity index (χ1) is 9.61. The zero-order valence-corrected chi connectivity index (χ0v) is 12.2. The van der Waals surface area contributed by atoms with Crippen LogP contribution in [-0.4, -0.2) is 7.11 Å². The monoisotopic (exact) mass is 293 g/mol. The van der Waals surface area contributed by atoms with E-state index in [2.05, 4.69) is 5.32 Å². The van der Waals surface area contributed by atoms with Crippen LogP contribution in [0.4, 0.5) is 4.39 Å². The molecule has 0 spiro atoms. The molecule has 106 valence electrons. The summed E-state index contributed by atoms with van der Waals surface area (Å²) in [4.78, 5) is 0. The Morgan fingerprint density at radius 1 is 1.25 bits per heavy atom. The molecule has 0 unspecified atom stereocenters. The summed E-state index contributed by atoms with van der Waals surface area (Å²) >= 11 is 5.88. The summed E-state index contributed by atoms with van der Waals surface area (Å²) in [7, 11) is 1.64. The molecule has 0 saturated carbocycles. The second-order valence-corrected chi connectivity index (χ2v) is 5.02. The van der Waals surface area contributed by atoms with Crippen LogP contribution in [0.15, 0.2) is 42.5 Å². The lowest BCUT2D eigenvalue weighted by atomic mass is 10.1. The van der Waals surface area contributed by atoms with Crippen LogP contribution in [0.2, 0.25) is 5.02 Å². The minimum atomic E-state index is -0.255. The summed E-state index contributed by atoms with van der Waals surface area (Å²) < 4.78 is 19.0. The average molecular weight is 294 g/mol. The van der Waals surface area contributed by atoms with E-state index in [1.807, 2.05) is 31.2 Å². The Morgan fingerprint density at radius 3 is 2.75 bits per heavy atom. The topological polar surface area (TPSA) is 21.3 Å². The molecule has 20 heavy (non-hydrogen) atoms. The molecule has 2 aromatic rings. The summed E-state index contributed by atoms with van der Waals surface area (Å²) in [6, 6.07) is 12.4. The van der Waals surface area contributed by atoms with Gasteiger partial charge in [-0.15, -0.1) is 0 Å². The molecule has 4 heteroatoms. The van der Waals surface area contributed by atoms with Gasteiger partial charge in [0.25, 0.3) is 0 Å². The summed E-state index contributed by atoms with van der Waals surface area (Å²) in [5.41, 5.74) is 1.59. The first-order valence-electron chi connectivity index (χ1n) is 6.42. The predicted octanol–water partition coefficient (Wildman–Crippen LogP) is 4.34. The highest BCUT2D eigenvalue weighted by molar-refractivity contribution is 6.30. The lowest BCUT2D eigenvalue weighted by molar-refractivity contribution is 0.401. The number of methoxy groups -OCH3 is 1. The molecule has 0 aliphatic rings. The molecule has 0 heterocycles. The van der Waals surface area contributed by atoms with Gasteiger partial charge in [-0.25, -0.2) is 4.39 Å². The number of ether oxygens (including phenoxy) is 1. The quantitative estimate of drug-likeness (QED) is 0.885. The summed E-state index contributed by atoms with van der Waals surface area (Å²) in [6.45, 7) is 2.42. The lowest BCUT2D eigenvalue weighted by Gasteiger charge is -2.17. The first-order valence-corrected chi connectivity index (χ1v) is 6.80. The number of nitrogens with one attached hydrogen (secondary N) is 1. The van der Waals surface area contributed by atoms with Crippen molar-refractivity contribution in [2.24, 2.45) is 0 Å². The molecule has 1 atom stereocenters. The van der Waals surface area contributed by atoms with Gasteiger partial charge in [0.1, 0.15) is 11.6 Å². The van der Waals surface area contributed by atoms with Gasteiger partial charge in [-0.05, 0) is 31.2 Å². The molecule has 0 aromatic heterocycles. The minimum absolute atomic E-state index is 0.0459. The van der Waals surface area contributed by atoms with Crippen LogP contribution in [0.25, 0.3) is 0 Å². The third kappa shape index (κ3) is 3.50. The zero-order chi connectivity index (χ0) is 14.5. The van der Waals surface area contributed by atoms with E-state index in [1.54, 1.807) is 19.2 Å². The molecule has 0 saturated heterocycles. The number of hydrogen-bond donors (Lipinski definition) is 1. The fourth-order valence-electron chi connectivity index (χ4n) is 2.08. The second-order valence-electron chi connectivity index (χ2n) is 4.58. The smallest absolute Gasteiger partial charge is 0.127 e. The average Bonchev–Trinajstić information content (AvgIpc) is 2.47. The van der Waals surface area contributed by atoms with E-state index in [9.17, 15) is 4.39 Å². The lowest BCUT2D eigenvalue weighted by Crippen LogP contribution is -2.19. The maximum absolute atomic E-state index is 13.6. The van der Waals surface area contributed by atoms with Crippen molar-refractivity contribution in [2.75, 3.05) is 7.11 Å². The van der Waals surface area contributed by atoms with Crippen LogP contribution >= 0.6 is 11.6 Å². The van der Waals surface area contributed by atoms with Crippen LogP contribution < -0.4 is 10.1 Å². The number of hydrogen-bond acceptors (Lipinski definition) is 2. The third-order valence-electron chi connectivity index (χ3n) is 3.21. The van der Waals surface area contributed by atoms with Crippen LogP contribution in [0.1, 0.15) is 24.1 Å². The van der Waals surface area contributed by atoms with Gasteiger partial charge in [0.05, 0.1) is 7.11 Å². The highest BCUT2D eigenvalue weighted by Crippen LogP contribution is 2.25. The first kappa shape index (κ1) is 14.8. The summed E-state index contributed by atoms with van der Waals surface area (Å²) in [6.07, 6.45) is 0. The van der Waals surface area contributed by atoms with Crippen molar-refractivity contribution in [3.8, 4) is 5.75 Å². The van der Waals surface area contributed by atoms with E-state index in [4.69, 9.17) is 16.3 Å². The molecule has 0 aliphatic heterocycles. The number of para-hydroxylation sites is 1. The third-order valence-corrected chi connectivity index (χ3v) is 3.45. The molecule has 1 N–H and O–H groups in total. The maximum atomic E-state index is 13.6. The van der Waals surface area contributed by atoms with Gasteiger partial charge in [-0.3, -0.25) is 0 Å². The van der Waals surface area contributed by atoms with Crippen LogP contribution in [-0.2, 0) is 6.54 Å². The number of rotatable bonds is 5. The standard InChI is InChI=1S/C16H17ClFNO/c1-11(14-5-3-4-6-16(14)20-2)19-10-12-9-13(17)7-8-15(12)18/h3-9,11,19H,10H2,1-2H3/t11-/m1/s1. The van der Waals surface area contributed by atoms with Gasteiger partial charge >= 0.3 is 0 Å². The van der Waals surface area contributed by atoms with Crippen LogP contribution in [0.3, 0.4) is 0 Å². The molecule has 0 amide bonds. The maximum Gasteiger partial charge on any atom is 0.127 e. The Bertz CT molecular complexity index is 588. The fourth-order valence-corrected chi connectivity index (χ4v) is 2.27. The molecule has 0 aliphatic carbocycles. The highest BCUT2D eigenvalue weighted by Gasteiger charge is 2.11. The molecular formula is C16H17ClFNO. The highest BCUT2D eigenvalue weighted by atomic mass is 35.5. The van der Waals surface area contributed by atoms with E-state index in [0.717, 1.165) is 11.3 Å². The zero-order valence-electron chi connectivity index (χ0n) is 11.5. The van der Waals surface area contributed by atoms with Crippen molar-refractivity contribution in [1.29, 1.82) is 0 Å². The minimum Gasteiger partial charge on any atom is -0.496 e. The van der Waals surface area contributed by atoms with Crippen molar-refractivity contribution >= 4 is 11.6 Å². The van der Waals surface area contributed by atoms with Crippen molar-refractivity contribution < 1.29 is 9.13 Å². The van der Waals surface area contributed by atoms with Crippen molar-refractivity contribution in [3.05, 3.63) is 64.4 Å². The Labute approximate surface area is 123 Å². The Kier molecular flexibility index (Phi) is 4.99. The van der Waals surface area contributed by atoms with Gasteiger partial charge in [0, 0.05) is 28.7 Å². The van der Waals surface area contributed by atoms with Crippen LogP contribution in [0, 0.1) is 5.82 Å².